The van der Waals surface area contributed by atoms with Gasteiger partial charge in [0.25, 0.3) is 0 Å². The summed E-state index contributed by atoms with van der Waals surface area (Å²) in [6, 6.07) is 0. The van der Waals surface area contributed by atoms with Crippen LogP contribution in [0.2, 0.25) is 0 Å². The van der Waals surface area contributed by atoms with Crippen LogP contribution in [-0.2, 0) is 0 Å². The first-order chi connectivity index (χ1) is 6.11. The van der Waals surface area contributed by atoms with E-state index in [1.165, 1.54) is 38.8 Å². The molecule has 0 unspecified atom stereocenters. The summed E-state index contributed by atoms with van der Waals surface area (Å²) in [6.07, 6.45) is 5.98. The van der Waals surface area contributed by atoms with Crippen LogP contribution in [-0.4, -0.2) is 25.0 Å². The summed E-state index contributed by atoms with van der Waals surface area (Å²) in [5.41, 5.74) is 0.793. The Morgan fingerprint density at radius 1 is 1.15 bits per heavy atom. The molecule has 1 heterocycles. The van der Waals surface area contributed by atoms with Crippen molar-refractivity contribution >= 4 is 0 Å². The number of hydrogen-bond donors (Lipinski definition) is 0. The van der Waals surface area contributed by atoms with E-state index in [0.29, 0.717) is 0 Å². The molecule has 0 aromatic rings. The molecule has 0 atom stereocenters. The van der Waals surface area contributed by atoms with E-state index < -0.39 is 0 Å². The van der Waals surface area contributed by atoms with Gasteiger partial charge in [0.15, 0.2) is 0 Å². The van der Waals surface area contributed by atoms with Gasteiger partial charge in [-0.15, -0.1) is 0 Å². The predicted octanol–water partition coefficient (Wildman–Crippen LogP) is 2.76. The van der Waals surface area contributed by atoms with E-state index in [2.05, 4.69) is 25.8 Å². The van der Waals surface area contributed by atoms with Crippen LogP contribution >= 0.6 is 0 Å². The monoisotopic (exact) mass is 181 g/mol. The van der Waals surface area contributed by atoms with E-state index in [0.717, 1.165) is 17.3 Å². The summed E-state index contributed by atoms with van der Waals surface area (Å²) in [5, 5.41) is 0. The smallest absolute Gasteiger partial charge is 0.00165 e. The van der Waals surface area contributed by atoms with Gasteiger partial charge in [0, 0.05) is 0 Å². The maximum absolute atomic E-state index is 2.48. The van der Waals surface area contributed by atoms with Gasteiger partial charge in [-0.1, -0.05) is 13.8 Å². The quantitative estimate of drug-likeness (QED) is 0.601. The zero-order valence-corrected chi connectivity index (χ0v) is 9.34. The van der Waals surface area contributed by atoms with Crippen molar-refractivity contribution in [2.24, 2.45) is 17.3 Å². The molecule has 1 saturated heterocycles. The van der Waals surface area contributed by atoms with Gasteiger partial charge in [-0.25, -0.2) is 0 Å². The number of hydrogen-bond acceptors (Lipinski definition) is 1. The Labute approximate surface area is 82.5 Å². The molecule has 1 saturated carbocycles. The zero-order chi connectivity index (χ0) is 9.47. The first kappa shape index (κ1) is 9.51. The SMILES string of the molecule is CC(C)C1CC2(CCN(C)CC2)C1. The highest BCUT2D eigenvalue weighted by atomic mass is 15.1. The molecule has 0 aromatic heterocycles. The Balaban J connectivity index is 1.83. The van der Waals surface area contributed by atoms with Crippen molar-refractivity contribution in [1.29, 1.82) is 0 Å². The lowest BCUT2D eigenvalue weighted by Gasteiger charge is -2.53. The maximum Gasteiger partial charge on any atom is -0.00165 e. The average molecular weight is 181 g/mol. The Morgan fingerprint density at radius 3 is 2.15 bits per heavy atom. The molecule has 2 rings (SSSR count). The van der Waals surface area contributed by atoms with E-state index in [-0.39, 0.29) is 0 Å². The largest absolute Gasteiger partial charge is 0.306 e. The second kappa shape index (κ2) is 3.27. The van der Waals surface area contributed by atoms with Gasteiger partial charge in [0.1, 0.15) is 0 Å². The van der Waals surface area contributed by atoms with Crippen LogP contribution in [0.25, 0.3) is 0 Å². The van der Waals surface area contributed by atoms with Crippen LogP contribution in [0.3, 0.4) is 0 Å². The summed E-state index contributed by atoms with van der Waals surface area (Å²) < 4.78 is 0. The molecule has 2 fully saturated rings. The van der Waals surface area contributed by atoms with Crippen LogP contribution in [0.4, 0.5) is 0 Å². The number of rotatable bonds is 1. The third kappa shape index (κ3) is 1.76. The maximum atomic E-state index is 2.48. The van der Waals surface area contributed by atoms with Crippen LogP contribution in [0.1, 0.15) is 39.5 Å². The van der Waals surface area contributed by atoms with E-state index in [1.54, 1.807) is 0 Å². The molecule has 0 bridgehead atoms. The van der Waals surface area contributed by atoms with E-state index in [1.807, 2.05) is 0 Å². The summed E-state index contributed by atoms with van der Waals surface area (Å²) in [6.45, 7) is 7.44. The normalized spacial score (nSPS) is 29.5. The molecule has 0 radical (unpaired) electrons. The lowest BCUT2D eigenvalue weighted by molar-refractivity contribution is -0.0256. The number of likely N-dealkylation sites (tertiary alicyclic amines) is 1. The van der Waals surface area contributed by atoms with Gasteiger partial charge in [-0.2, -0.15) is 0 Å². The minimum atomic E-state index is 0.793. The van der Waals surface area contributed by atoms with Crippen molar-refractivity contribution in [3.8, 4) is 0 Å². The molecular formula is C12H23N. The first-order valence-corrected chi connectivity index (χ1v) is 5.80. The third-order valence-corrected chi connectivity index (χ3v) is 4.38. The predicted molar refractivity (Wildman–Crippen MR) is 56.7 cm³/mol. The Kier molecular flexibility index (Phi) is 2.39. The minimum absolute atomic E-state index is 0.793. The summed E-state index contributed by atoms with van der Waals surface area (Å²) in [7, 11) is 2.26. The fourth-order valence-electron chi connectivity index (χ4n) is 3.03. The molecule has 1 heteroatoms. The molecule has 1 aliphatic carbocycles. The van der Waals surface area contributed by atoms with Crippen LogP contribution in [0.5, 0.6) is 0 Å². The van der Waals surface area contributed by atoms with Gasteiger partial charge >= 0.3 is 0 Å². The molecule has 1 nitrogen and oxygen atoms in total. The summed E-state index contributed by atoms with van der Waals surface area (Å²) >= 11 is 0. The standard InChI is InChI=1S/C12H23N/c1-10(2)11-8-12(9-11)4-6-13(3)7-5-12/h10-11H,4-9H2,1-3H3. The van der Waals surface area contributed by atoms with Crippen LogP contribution < -0.4 is 0 Å². The second-order valence-corrected chi connectivity index (χ2v) is 5.72. The average Bonchev–Trinajstić information content (AvgIpc) is 2.02. The topological polar surface area (TPSA) is 3.24 Å². The fraction of sp³-hybridized carbons (Fsp3) is 1.00. The molecule has 0 N–H and O–H groups in total. The summed E-state index contributed by atoms with van der Waals surface area (Å²) in [5.74, 6) is 1.97. The van der Waals surface area contributed by atoms with Crippen molar-refractivity contribution in [2.45, 2.75) is 39.5 Å². The van der Waals surface area contributed by atoms with Crippen molar-refractivity contribution in [2.75, 3.05) is 20.1 Å². The zero-order valence-electron chi connectivity index (χ0n) is 9.34. The van der Waals surface area contributed by atoms with Gasteiger partial charge in [-0.3, -0.25) is 0 Å². The molecule has 0 aromatic carbocycles. The van der Waals surface area contributed by atoms with Gasteiger partial charge in [0.05, 0.1) is 0 Å². The highest BCUT2D eigenvalue weighted by Crippen LogP contribution is 2.54. The molecule has 0 amide bonds. The molecule has 1 aliphatic heterocycles. The number of nitrogens with zero attached hydrogens (tertiary/aromatic N) is 1. The summed E-state index contributed by atoms with van der Waals surface area (Å²) in [4.78, 5) is 2.48. The highest BCUT2D eigenvalue weighted by Gasteiger charge is 2.45. The third-order valence-electron chi connectivity index (χ3n) is 4.38. The molecule has 2 aliphatic rings. The first-order valence-electron chi connectivity index (χ1n) is 5.80. The second-order valence-electron chi connectivity index (χ2n) is 5.72. The van der Waals surface area contributed by atoms with Crippen molar-refractivity contribution < 1.29 is 0 Å². The van der Waals surface area contributed by atoms with Crippen LogP contribution in [0.15, 0.2) is 0 Å². The van der Waals surface area contributed by atoms with Crippen LogP contribution in [0, 0.1) is 17.3 Å². The van der Waals surface area contributed by atoms with Crippen molar-refractivity contribution in [1.82, 2.24) is 4.90 Å². The van der Waals surface area contributed by atoms with E-state index in [9.17, 15) is 0 Å². The van der Waals surface area contributed by atoms with Crippen molar-refractivity contribution in [3.05, 3.63) is 0 Å². The molecule has 13 heavy (non-hydrogen) atoms. The fourth-order valence-corrected chi connectivity index (χ4v) is 3.03. The Hall–Kier alpha value is -0.0400. The lowest BCUT2D eigenvalue weighted by Crippen LogP contribution is -2.47. The Morgan fingerprint density at radius 2 is 1.69 bits per heavy atom. The number of piperidine rings is 1. The Bertz CT molecular complexity index is 170. The minimum Gasteiger partial charge on any atom is -0.306 e. The van der Waals surface area contributed by atoms with E-state index >= 15 is 0 Å². The molecular weight excluding hydrogens is 158 g/mol. The molecule has 1 spiro atoms. The van der Waals surface area contributed by atoms with Gasteiger partial charge in [0.2, 0.25) is 0 Å². The van der Waals surface area contributed by atoms with Gasteiger partial charge in [-0.05, 0) is 63.1 Å². The lowest BCUT2D eigenvalue weighted by atomic mass is 9.55. The molecule has 76 valence electrons. The van der Waals surface area contributed by atoms with Crippen molar-refractivity contribution in [3.63, 3.8) is 0 Å². The highest BCUT2D eigenvalue weighted by molar-refractivity contribution is 4.97. The van der Waals surface area contributed by atoms with E-state index in [4.69, 9.17) is 0 Å². The van der Waals surface area contributed by atoms with Gasteiger partial charge < -0.3 is 4.90 Å².